The van der Waals surface area contributed by atoms with Gasteiger partial charge in [-0.05, 0) is 43.5 Å². The minimum Gasteiger partial charge on any atom is -0.481 e. The van der Waals surface area contributed by atoms with Crippen LogP contribution in [-0.4, -0.2) is 34.5 Å². The molecule has 0 heterocycles. The minimum atomic E-state index is -0.932. The van der Waals surface area contributed by atoms with Crippen LogP contribution >= 0.6 is 0 Å². The maximum absolute atomic E-state index is 13.4. The molecule has 20 heavy (non-hydrogen) atoms. The number of carboxylic acid groups (broad SMARTS) is 1. The van der Waals surface area contributed by atoms with E-state index in [1.54, 1.807) is 24.8 Å². The van der Waals surface area contributed by atoms with Crippen LogP contribution in [0.1, 0.15) is 35.7 Å². The molecule has 1 aliphatic rings. The first kappa shape index (κ1) is 14.5. The maximum Gasteiger partial charge on any atom is 0.308 e. The number of amides is 1. The first-order valence-corrected chi connectivity index (χ1v) is 6.69. The number of carbonyl (C=O) groups is 2. The summed E-state index contributed by atoms with van der Waals surface area (Å²) >= 11 is 0. The van der Waals surface area contributed by atoms with E-state index in [1.807, 2.05) is 0 Å². The van der Waals surface area contributed by atoms with E-state index in [4.69, 9.17) is 5.11 Å². The Hall–Kier alpha value is -1.91. The number of rotatable bonds is 5. The molecule has 0 aromatic heterocycles. The van der Waals surface area contributed by atoms with Gasteiger partial charge in [0, 0.05) is 18.2 Å². The molecule has 0 spiro atoms. The van der Waals surface area contributed by atoms with Crippen LogP contribution in [0.5, 0.6) is 0 Å². The zero-order valence-electron chi connectivity index (χ0n) is 11.6. The fourth-order valence-electron chi connectivity index (χ4n) is 2.18. The number of hydrogen-bond donors (Lipinski definition) is 1. The Kier molecular flexibility index (Phi) is 4.06. The van der Waals surface area contributed by atoms with Gasteiger partial charge in [-0.25, -0.2) is 4.39 Å². The SMILES string of the molecule is Cc1cc(F)cc(C(=O)N(CC(C)C(=O)O)C2CC2)c1. The molecule has 4 nitrogen and oxygen atoms in total. The predicted octanol–water partition coefficient (Wildman–Crippen LogP) is 2.46. The van der Waals surface area contributed by atoms with Gasteiger partial charge in [-0.15, -0.1) is 0 Å². The fourth-order valence-corrected chi connectivity index (χ4v) is 2.18. The molecule has 2 rings (SSSR count). The molecular formula is C15H18FNO3. The molecule has 0 aliphatic heterocycles. The highest BCUT2D eigenvalue weighted by molar-refractivity contribution is 5.95. The van der Waals surface area contributed by atoms with Crippen molar-refractivity contribution < 1.29 is 19.1 Å². The third-order valence-corrected chi connectivity index (χ3v) is 3.43. The van der Waals surface area contributed by atoms with Crippen LogP contribution in [0.3, 0.4) is 0 Å². The van der Waals surface area contributed by atoms with Crippen LogP contribution in [0.25, 0.3) is 0 Å². The smallest absolute Gasteiger partial charge is 0.308 e. The summed E-state index contributed by atoms with van der Waals surface area (Å²) in [4.78, 5) is 25.0. The molecule has 1 N–H and O–H groups in total. The molecule has 5 heteroatoms. The number of halogens is 1. The van der Waals surface area contributed by atoms with E-state index in [2.05, 4.69) is 0 Å². The van der Waals surface area contributed by atoms with E-state index in [0.717, 1.165) is 12.8 Å². The fraction of sp³-hybridized carbons (Fsp3) is 0.467. The Balaban J connectivity index is 2.20. The van der Waals surface area contributed by atoms with Gasteiger partial charge < -0.3 is 10.0 Å². The van der Waals surface area contributed by atoms with Crippen LogP contribution in [0.2, 0.25) is 0 Å². The number of aryl methyl sites for hydroxylation is 1. The van der Waals surface area contributed by atoms with Crippen LogP contribution in [0, 0.1) is 18.7 Å². The molecule has 1 aliphatic carbocycles. The number of nitrogens with zero attached hydrogens (tertiary/aromatic N) is 1. The average molecular weight is 279 g/mol. The molecule has 0 radical (unpaired) electrons. The Labute approximate surface area is 117 Å². The van der Waals surface area contributed by atoms with Crippen molar-refractivity contribution >= 4 is 11.9 Å². The van der Waals surface area contributed by atoms with Crippen LogP contribution in [0.4, 0.5) is 4.39 Å². The summed E-state index contributed by atoms with van der Waals surface area (Å²) in [6.07, 6.45) is 1.76. The van der Waals surface area contributed by atoms with Crippen molar-refractivity contribution in [1.82, 2.24) is 4.90 Å². The molecule has 1 fully saturated rings. The predicted molar refractivity (Wildman–Crippen MR) is 72.0 cm³/mol. The molecule has 1 aromatic rings. The molecule has 1 amide bonds. The van der Waals surface area contributed by atoms with Crippen LogP contribution < -0.4 is 0 Å². The summed E-state index contributed by atoms with van der Waals surface area (Å²) in [6.45, 7) is 3.46. The lowest BCUT2D eigenvalue weighted by molar-refractivity contribution is -0.141. The molecule has 1 aromatic carbocycles. The van der Waals surface area contributed by atoms with Gasteiger partial charge in [0.1, 0.15) is 5.82 Å². The molecule has 1 unspecified atom stereocenters. The van der Waals surface area contributed by atoms with Crippen molar-refractivity contribution in [3.8, 4) is 0 Å². The second-order valence-electron chi connectivity index (χ2n) is 5.45. The standard InChI is InChI=1S/C15H18FNO3/c1-9-5-11(7-12(16)6-9)14(18)17(13-3-4-13)8-10(2)15(19)20/h5-7,10,13H,3-4,8H2,1-2H3,(H,19,20). The van der Waals surface area contributed by atoms with Crippen LogP contribution in [-0.2, 0) is 4.79 Å². The molecule has 1 saturated carbocycles. The number of hydrogen-bond acceptors (Lipinski definition) is 2. The van der Waals surface area contributed by atoms with E-state index in [-0.39, 0.29) is 24.1 Å². The highest BCUT2D eigenvalue weighted by atomic mass is 19.1. The van der Waals surface area contributed by atoms with Crippen LogP contribution in [0.15, 0.2) is 18.2 Å². The summed E-state index contributed by atoms with van der Waals surface area (Å²) in [5, 5.41) is 8.98. The van der Waals surface area contributed by atoms with Gasteiger partial charge in [-0.3, -0.25) is 9.59 Å². The normalized spacial score (nSPS) is 15.8. The van der Waals surface area contributed by atoms with Gasteiger partial charge in [-0.1, -0.05) is 6.92 Å². The summed E-state index contributed by atoms with van der Waals surface area (Å²) in [7, 11) is 0. The largest absolute Gasteiger partial charge is 0.481 e. The second kappa shape index (κ2) is 5.61. The Morgan fingerprint density at radius 3 is 2.55 bits per heavy atom. The van der Waals surface area contributed by atoms with E-state index in [1.165, 1.54) is 12.1 Å². The van der Waals surface area contributed by atoms with Crippen molar-refractivity contribution in [3.63, 3.8) is 0 Å². The van der Waals surface area contributed by atoms with Crippen molar-refractivity contribution in [3.05, 3.63) is 35.1 Å². The van der Waals surface area contributed by atoms with Crippen molar-refractivity contribution in [2.45, 2.75) is 32.7 Å². The third-order valence-electron chi connectivity index (χ3n) is 3.43. The van der Waals surface area contributed by atoms with Crippen molar-refractivity contribution in [2.24, 2.45) is 5.92 Å². The highest BCUT2D eigenvalue weighted by Crippen LogP contribution is 2.29. The van der Waals surface area contributed by atoms with Gasteiger partial charge in [-0.2, -0.15) is 0 Å². The topological polar surface area (TPSA) is 57.6 Å². The lowest BCUT2D eigenvalue weighted by Crippen LogP contribution is -2.38. The highest BCUT2D eigenvalue weighted by Gasteiger charge is 2.35. The van der Waals surface area contributed by atoms with Gasteiger partial charge in [0.15, 0.2) is 0 Å². The number of carbonyl (C=O) groups excluding carboxylic acids is 1. The first-order valence-electron chi connectivity index (χ1n) is 6.69. The zero-order valence-corrected chi connectivity index (χ0v) is 11.6. The molecule has 0 saturated heterocycles. The van der Waals surface area contributed by atoms with E-state index >= 15 is 0 Å². The lowest BCUT2D eigenvalue weighted by Gasteiger charge is -2.24. The van der Waals surface area contributed by atoms with E-state index in [9.17, 15) is 14.0 Å². The molecular weight excluding hydrogens is 261 g/mol. The number of benzene rings is 1. The number of carboxylic acids is 1. The van der Waals surface area contributed by atoms with Gasteiger partial charge in [0.25, 0.3) is 5.91 Å². The second-order valence-corrected chi connectivity index (χ2v) is 5.45. The minimum absolute atomic E-state index is 0.0906. The van der Waals surface area contributed by atoms with Crippen molar-refractivity contribution in [2.75, 3.05) is 6.54 Å². The first-order chi connectivity index (χ1) is 9.38. The third kappa shape index (κ3) is 3.35. The van der Waals surface area contributed by atoms with E-state index in [0.29, 0.717) is 5.56 Å². The molecule has 0 bridgehead atoms. The molecule has 108 valence electrons. The maximum atomic E-state index is 13.4. The zero-order chi connectivity index (χ0) is 14.9. The van der Waals surface area contributed by atoms with E-state index < -0.39 is 17.7 Å². The Morgan fingerprint density at radius 2 is 2.05 bits per heavy atom. The van der Waals surface area contributed by atoms with Gasteiger partial charge in [0.05, 0.1) is 5.92 Å². The van der Waals surface area contributed by atoms with Crippen molar-refractivity contribution in [1.29, 1.82) is 0 Å². The lowest BCUT2D eigenvalue weighted by atomic mass is 10.1. The monoisotopic (exact) mass is 279 g/mol. The summed E-state index contributed by atoms with van der Waals surface area (Å²) in [5.74, 6) is -2.30. The van der Waals surface area contributed by atoms with Gasteiger partial charge >= 0.3 is 5.97 Å². The summed E-state index contributed by atoms with van der Waals surface area (Å²) in [5.41, 5.74) is 0.961. The number of aliphatic carboxylic acids is 1. The average Bonchev–Trinajstić information content (AvgIpc) is 3.17. The Bertz CT molecular complexity index is 520. The quantitative estimate of drug-likeness (QED) is 0.900. The summed E-state index contributed by atoms with van der Waals surface area (Å²) < 4.78 is 13.4. The Morgan fingerprint density at radius 1 is 1.40 bits per heavy atom. The molecule has 1 atom stereocenters. The summed E-state index contributed by atoms with van der Waals surface area (Å²) in [6, 6.07) is 4.29. The van der Waals surface area contributed by atoms with Gasteiger partial charge in [0.2, 0.25) is 0 Å².